The number of nitrogens with zero attached hydrogens (tertiary/aromatic N) is 2. The van der Waals surface area contributed by atoms with Gasteiger partial charge in [0, 0.05) is 11.0 Å². The maximum absolute atomic E-state index is 8.69. The van der Waals surface area contributed by atoms with Crippen LogP contribution < -0.4 is 0 Å². The molecule has 0 radical (unpaired) electrons. The Kier molecular flexibility index (Phi) is 5.38. The van der Waals surface area contributed by atoms with Crippen LogP contribution in [0.1, 0.15) is 18.9 Å². The fourth-order valence-corrected chi connectivity index (χ4v) is 1.97. The lowest BCUT2D eigenvalue weighted by Crippen LogP contribution is -2.24. The molecule has 1 rings (SSSR count). The van der Waals surface area contributed by atoms with Crippen molar-refractivity contribution in [3.8, 4) is 6.07 Å². The summed E-state index contributed by atoms with van der Waals surface area (Å²) in [5, 5.41) is 8.69. The molecule has 0 amide bonds. The van der Waals surface area contributed by atoms with Gasteiger partial charge in [-0.2, -0.15) is 5.26 Å². The largest absolute Gasteiger partial charge is 0.286 e. The van der Waals surface area contributed by atoms with Gasteiger partial charge >= 0.3 is 0 Å². The molecule has 80 valence electrons. The highest BCUT2D eigenvalue weighted by molar-refractivity contribution is 9.10. The third-order valence-corrected chi connectivity index (χ3v) is 2.62. The van der Waals surface area contributed by atoms with E-state index in [1.165, 1.54) is 5.56 Å². The maximum Gasteiger partial charge on any atom is 0.0868 e. The average Bonchev–Trinajstić information content (AvgIpc) is 2.18. The highest BCUT2D eigenvalue weighted by Crippen LogP contribution is 2.13. The molecule has 0 aliphatic carbocycles. The molecule has 15 heavy (non-hydrogen) atoms. The second kappa shape index (κ2) is 6.60. The van der Waals surface area contributed by atoms with Crippen LogP contribution in [0.4, 0.5) is 0 Å². The fraction of sp³-hybridized carbons (Fsp3) is 0.417. The first kappa shape index (κ1) is 12.2. The molecular weight excluding hydrogens is 252 g/mol. The van der Waals surface area contributed by atoms with E-state index in [9.17, 15) is 0 Å². The quantitative estimate of drug-likeness (QED) is 0.766. The molecule has 0 atom stereocenters. The van der Waals surface area contributed by atoms with Gasteiger partial charge in [0.2, 0.25) is 0 Å². The number of rotatable bonds is 5. The van der Waals surface area contributed by atoms with Crippen molar-refractivity contribution in [2.75, 3.05) is 13.1 Å². The van der Waals surface area contributed by atoms with Crippen LogP contribution in [0.2, 0.25) is 0 Å². The maximum atomic E-state index is 8.69. The molecule has 0 aliphatic heterocycles. The fourth-order valence-electron chi connectivity index (χ4n) is 1.52. The number of hydrogen-bond donors (Lipinski definition) is 0. The van der Waals surface area contributed by atoms with E-state index >= 15 is 0 Å². The summed E-state index contributed by atoms with van der Waals surface area (Å²) in [6.45, 7) is 4.45. The first-order valence-electron chi connectivity index (χ1n) is 5.10. The van der Waals surface area contributed by atoms with Crippen LogP contribution in [0, 0.1) is 11.3 Å². The van der Waals surface area contributed by atoms with Crippen LogP contribution >= 0.6 is 15.9 Å². The minimum atomic E-state index is 0.500. The minimum absolute atomic E-state index is 0.500. The lowest BCUT2D eigenvalue weighted by atomic mass is 10.2. The molecule has 0 saturated heterocycles. The number of nitriles is 1. The van der Waals surface area contributed by atoms with Crippen molar-refractivity contribution in [3.63, 3.8) is 0 Å². The summed E-state index contributed by atoms with van der Waals surface area (Å²) >= 11 is 3.45. The molecule has 0 aliphatic rings. The summed E-state index contributed by atoms with van der Waals surface area (Å²) in [6.07, 6.45) is 1.08. The Hall–Kier alpha value is -0.850. The van der Waals surface area contributed by atoms with E-state index in [0.717, 1.165) is 24.0 Å². The van der Waals surface area contributed by atoms with E-state index in [1.807, 2.05) is 12.1 Å². The molecule has 0 aromatic heterocycles. The van der Waals surface area contributed by atoms with Crippen molar-refractivity contribution in [1.82, 2.24) is 4.90 Å². The Morgan fingerprint density at radius 1 is 1.47 bits per heavy atom. The van der Waals surface area contributed by atoms with Crippen molar-refractivity contribution < 1.29 is 0 Å². The molecule has 0 bridgehead atoms. The Morgan fingerprint density at radius 2 is 2.27 bits per heavy atom. The lowest BCUT2D eigenvalue weighted by molar-refractivity contribution is 0.298. The van der Waals surface area contributed by atoms with Gasteiger partial charge in [-0.15, -0.1) is 0 Å². The summed E-state index contributed by atoms with van der Waals surface area (Å²) in [5.41, 5.74) is 1.24. The van der Waals surface area contributed by atoms with Gasteiger partial charge in [-0.3, -0.25) is 4.90 Å². The molecule has 3 heteroatoms. The highest BCUT2D eigenvalue weighted by Gasteiger charge is 2.04. The van der Waals surface area contributed by atoms with Crippen molar-refractivity contribution in [2.24, 2.45) is 0 Å². The summed E-state index contributed by atoms with van der Waals surface area (Å²) in [4.78, 5) is 2.15. The Labute approximate surface area is 99.6 Å². The van der Waals surface area contributed by atoms with Crippen molar-refractivity contribution in [1.29, 1.82) is 5.26 Å². The monoisotopic (exact) mass is 266 g/mol. The third kappa shape index (κ3) is 4.46. The summed E-state index contributed by atoms with van der Waals surface area (Å²) in [7, 11) is 0. The van der Waals surface area contributed by atoms with Crippen LogP contribution in [0.25, 0.3) is 0 Å². The van der Waals surface area contributed by atoms with E-state index in [-0.39, 0.29) is 0 Å². The van der Waals surface area contributed by atoms with Crippen molar-refractivity contribution >= 4 is 15.9 Å². The van der Waals surface area contributed by atoms with E-state index < -0.39 is 0 Å². The first-order chi connectivity index (χ1) is 7.26. The van der Waals surface area contributed by atoms with Gasteiger partial charge < -0.3 is 0 Å². The Morgan fingerprint density at radius 3 is 2.87 bits per heavy atom. The van der Waals surface area contributed by atoms with Gasteiger partial charge in [0.05, 0.1) is 12.6 Å². The second-order valence-electron chi connectivity index (χ2n) is 3.50. The minimum Gasteiger partial charge on any atom is -0.286 e. The predicted molar refractivity (Wildman–Crippen MR) is 65.3 cm³/mol. The predicted octanol–water partition coefficient (Wildman–Crippen LogP) is 3.18. The van der Waals surface area contributed by atoms with E-state index in [1.54, 1.807) is 0 Å². The third-order valence-electron chi connectivity index (χ3n) is 2.13. The van der Waals surface area contributed by atoms with Gasteiger partial charge in [-0.25, -0.2) is 0 Å². The van der Waals surface area contributed by atoms with Gasteiger partial charge in [-0.1, -0.05) is 35.0 Å². The topological polar surface area (TPSA) is 27.0 Å². The van der Waals surface area contributed by atoms with E-state index in [4.69, 9.17) is 5.26 Å². The molecule has 0 saturated carbocycles. The SMILES string of the molecule is CCCN(CC#N)Cc1cccc(Br)c1. The van der Waals surface area contributed by atoms with E-state index in [0.29, 0.717) is 6.54 Å². The molecular formula is C12H15BrN2. The molecule has 0 heterocycles. The van der Waals surface area contributed by atoms with Gasteiger partial charge in [0.25, 0.3) is 0 Å². The summed E-state index contributed by atoms with van der Waals surface area (Å²) in [5.74, 6) is 0. The smallest absolute Gasteiger partial charge is 0.0868 e. The molecule has 0 spiro atoms. The zero-order valence-corrected chi connectivity index (χ0v) is 10.5. The molecule has 0 N–H and O–H groups in total. The number of halogens is 1. The van der Waals surface area contributed by atoms with Gasteiger partial charge in [-0.05, 0) is 30.7 Å². The van der Waals surface area contributed by atoms with Crippen LogP contribution in [-0.4, -0.2) is 18.0 Å². The first-order valence-corrected chi connectivity index (χ1v) is 5.89. The van der Waals surface area contributed by atoms with Gasteiger partial charge in [0.1, 0.15) is 0 Å². The lowest BCUT2D eigenvalue weighted by Gasteiger charge is -2.18. The highest BCUT2D eigenvalue weighted by atomic mass is 79.9. The van der Waals surface area contributed by atoms with Gasteiger partial charge in [0.15, 0.2) is 0 Å². The normalized spacial score (nSPS) is 10.3. The van der Waals surface area contributed by atoms with Crippen LogP contribution in [-0.2, 0) is 6.54 Å². The van der Waals surface area contributed by atoms with Crippen LogP contribution in [0.3, 0.4) is 0 Å². The van der Waals surface area contributed by atoms with Crippen LogP contribution in [0.5, 0.6) is 0 Å². The molecule has 2 nitrogen and oxygen atoms in total. The number of benzene rings is 1. The molecule has 0 unspecified atom stereocenters. The summed E-state index contributed by atoms with van der Waals surface area (Å²) in [6, 6.07) is 10.4. The van der Waals surface area contributed by atoms with Crippen LogP contribution in [0.15, 0.2) is 28.7 Å². The second-order valence-corrected chi connectivity index (χ2v) is 4.41. The van der Waals surface area contributed by atoms with Crippen molar-refractivity contribution in [2.45, 2.75) is 19.9 Å². The zero-order valence-electron chi connectivity index (χ0n) is 8.91. The molecule has 0 fully saturated rings. The van der Waals surface area contributed by atoms with E-state index in [2.05, 4.69) is 46.0 Å². The molecule has 1 aromatic carbocycles. The Bertz CT molecular complexity index is 344. The average molecular weight is 267 g/mol. The standard InChI is InChI=1S/C12H15BrN2/c1-2-7-15(8-6-14)10-11-4-3-5-12(13)9-11/h3-5,9H,2,7-8,10H2,1H3. The number of hydrogen-bond acceptors (Lipinski definition) is 2. The molecule has 1 aromatic rings. The zero-order chi connectivity index (χ0) is 11.1. The summed E-state index contributed by atoms with van der Waals surface area (Å²) < 4.78 is 1.09. The van der Waals surface area contributed by atoms with Crippen molar-refractivity contribution in [3.05, 3.63) is 34.3 Å². The Balaban J connectivity index is 2.61.